The van der Waals surface area contributed by atoms with Crippen LogP contribution in [0.2, 0.25) is 0 Å². The molecule has 3 aromatic rings. The van der Waals surface area contributed by atoms with Crippen LogP contribution in [-0.4, -0.2) is 26.4 Å². The van der Waals surface area contributed by atoms with Gasteiger partial charge >= 0.3 is 0 Å². The molecule has 7 heteroatoms. The fourth-order valence-electron chi connectivity index (χ4n) is 2.42. The fourth-order valence-corrected chi connectivity index (χ4v) is 3.89. The minimum Gasteiger partial charge on any atom is -0.325 e. The fraction of sp³-hybridized carbons (Fsp3) is 0.211. The Morgan fingerprint density at radius 1 is 1.31 bits per heavy atom. The van der Waals surface area contributed by atoms with Crippen molar-refractivity contribution in [2.24, 2.45) is 0 Å². The second-order valence-corrected chi connectivity index (χ2v) is 7.71. The quantitative estimate of drug-likeness (QED) is 0.480. The van der Waals surface area contributed by atoms with Gasteiger partial charge in [-0.05, 0) is 48.6 Å². The van der Waals surface area contributed by atoms with Gasteiger partial charge in [-0.1, -0.05) is 30.0 Å². The van der Waals surface area contributed by atoms with Gasteiger partial charge in [-0.25, -0.2) is 0 Å². The third-order valence-electron chi connectivity index (χ3n) is 3.89. The summed E-state index contributed by atoms with van der Waals surface area (Å²) in [5.41, 5.74) is 3.17. The molecule has 2 heterocycles. The average molecular weight is 385 g/mol. The van der Waals surface area contributed by atoms with Crippen molar-refractivity contribution in [1.82, 2.24) is 14.8 Å². The van der Waals surface area contributed by atoms with Gasteiger partial charge in [-0.3, -0.25) is 9.36 Å². The predicted molar refractivity (Wildman–Crippen MR) is 109 cm³/mol. The number of rotatable bonds is 7. The zero-order valence-corrected chi connectivity index (χ0v) is 16.4. The maximum Gasteiger partial charge on any atom is 0.234 e. The molecule has 0 radical (unpaired) electrons. The van der Waals surface area contributed by atoms with Gasteiger partial charge in [0.25, 0.3) is 0 Å². The van der Waals surface area contributed by atoms with Crippen LogP contribution in [0.25, 0.3) is 10.7 Å². The molecular weight excluding hydrogens is 364 g/mol. The third kappa shape index (κ3) is 4.23. The molecule has 0 saturated carbocycles. The summed E-state index contributed by atoms with van der Waals surface area (Å²) in [4.78, 5) is 13.3. The van der Waals surface area contributed by atoms with Crippen molar-refractivity contribution < 1.29 is 4.79 Å². The molecule has 26 heavy (non-hydrogen) atoms. The molecule has 0 aliphatic heterocycles. The van der Waals surface area contributed by atoms with Crippen molar-refractivity contribution in [1.29, 1.82) is 0 Å². The molecule has 5 nitrogen and oxygen atoms in total. The third-order valence-corrected chi connectivity index (χ3v) is 5.73. The van der Waals surface area contributed by atoms with E-state index in [0.717, 1.165) is 22.0 Å². The number of nitrogens with one attached hydrogen (secondary N) is 1. The van der Waals surface area contributed by atoms with Crippen LogP contribution < -0.4 is 5.32 Å². The van der Waals surface area contributed by atoms with E-state index in [1.54, 1.807) is 17.4 Å². The molecule has 0 atom stereocenters. The van der Waals surface area contributed by atoms with Crippen molar-refractivity contribution in [3.63, 3.8) is 0 Å². The number of hydrogen-bond acceptors (Lipinski definition) is 5. The van der Waals surface area contributed by atoms with Crippen molar-refractivity contribution >= 4 is 34.7 Å². The molecule has 134 valence electrons. The SMILES string of the molecule is C=CCn1c(SCC(=O)Nc2ccc(C)c(C)c2)nnc1-c1cccs1. The topological polar surface area (TPSA) is 59.8 Å². The number of allylic oxidation sites excluding steroid dienone is 1. The van der Waals surface area contributed by atoms with E-state index in [-0.39, 0.29) is 11.7 Å². The highest BCUT2D eigenvalue weighted by Gasteiger charge is 2.15. The number of aryl methyl sites for hydroxylation is 2. The van der Waals surface area contributed by atoms with Crippen molar-refractivity contribution in [3.8, 4) is 10.7 Å². The summed E-state index contributed by atoms with van der Waals surface area (Å²) in [6, 6.07) is 9.89. The molecule has 0 fully saturated rings. The number of amides is 1. The zero-order valence-electron chi connectivity index (χ0n) is 14.7. The summed E-state index contributed by atoms with van der Waals surface area (Å²) in [6.07, 6.45) is 1.81. The van der Waals surface area contributed by atoms with Gasteiger partial charge in [-0.15, -0.1) is 28.1 Å². The molecule has 0 aliphatic carbocycles. The molecule has 0 bridgehead atoms. The lowest BCUT2D eigenvalue weighted by atomic mass is 10.1. The summed E-state index contributed by atoms with van der Waals surface area (Å²) in [5, 5.41) is 14.2. The van der Waals surface area contributed by atoms with Crippen LogP contribution >= 0.6 is 23.1 Å². The molecule has 3 rings (SSSR count). The summed E-state index contributed by atoms with van der Waals surface area (Å²) in [5.74, 6) is 1.01. The Bertz CT molecular complexity index is 916. The summed E-state index contributed by atoms with van der Waals surface area (Å²) in [6.45, 7) is 8.48. The van der Waals surface area contributed by atoms with Crippen LogP contribution in [0.3, 0.4) is 0 Å². The van der Waals surface area contributed by atoms with Crippen LogP contribution in [-0.2, 0) is 11.3 Å². The van der Waals surface area contributed by atoms with Gasteiger partial charge in [-0.2, -0.15) is 0 Å². The van der Waals surface area contributed by atoms with Crippen molar-refractivity contribution in [2.45, 2.75) is 25.5 Å². The molecule has 1 N–H and O–H groups in total. The van der Waals surface area contributed by atoms with Gasteiger partial charge in [0.2, 0.25) is 5.91 Å². The van der Waals surface area contributed by atoms with Crippen molar-refractivity contribution in [2.75, 3.05) is 11.1 Å². The molecule has 1 aromatic carbocycles. The van der Waals surface area contributed by atoms with Gasteiger partial charge in [0.1, 0.15) is 0 Å². The lowest BCUT2D eigenvalue weighted by molar-refractivity contribution is -0.113. The van der Waals surface area contributed by atoms with E-state index in [0.29, 0.717) is 11.7 Å². The standard InChI is InChI=1S/C19H20N4OS2/c1-4-9-23-18(16-6-5-10-25-16)21-22-19(23)26-12-17(24)20-15-8-7-13(2)14(3)11-15/h4-8,10-11H,1,9,12H2,2-3H3,(H,20,24). The number of nitrogens with zero attached hydrogens (tertiary/aromatic N) is 3. The molecule has 1 amide bonds. The first-order chi connectivity index (χ1) is 12.6. The van der Waals surface area contributed by atoms with Crippen LogP contribution in [0.5, 0.6) is 0 Å². The van der Waals surface area contributed by atoms with Crippen LogP contribution in [0.1, 0.15) is 11.1 Å². The number of benzene rings is 1. The second-order valence-electron chi connectivity index (χ2n) is 5.82. The first kappa shape index (κ1) is 18.4. The van der Waals surface area contributed by atoms with Crippen LogP contribution in [0.4, 0.5) is 5.69 Å². The number of carbonyl (C=O) groups excluding carboxylic acids is 1. The highest BCUT2D eigenvalue weighted by molar-refractivity contribution is 7.99. The van der Waals surface area contributed by atoms with Gasteiger partial charge in [0.15, 0.2) is 11.0 Å². The van der Waals surface area contributed by atoms with E-state index in [1.807, 2.05) is 54.1 Å². The van der Waals surface area contributed by atoms with E-state index in [2.05, 4.69) is 22.1 Å². The normalized spacial score (nSPS) is 10.7. The van der Waals surface area contributed by atoms with E-state index in [9.17, 15) is 4.79 Å². The van der Waals surface area contributed by atoms with E-state index in [4.69, 9.17) is 0 Å². The van der Waals surface area contributed by atoms with Crippen LogP contribution in [0.15, 0.2) is 53.5 Å². The lowest BCUT2D eigenvalue weighted by Gasteiger charge is -2.08. The molecule has 0 unspecified atom stereocenters. The Hall–Kier alpha value is -2.38. The highest BCUT2D eigenvalue weighted by Crippen LogP contribution is 2.27. The molecular formula is C19H20N4OS2. The largest absolute Gasteiger partial charge is 0.325 e. The highest BCUT2D eigenvalue weighted by atomic mass is 32.2. The van der Waals surface area contributed by atoms with Crippen molar-refractivity contribution in [3.05, 3.63) is 59.5 Å². The number of anilines is 1. The Kier molecular flexibility index (Phi) is 5.90. The smallest absolute Gasteiger partial charge is 0.234 e. The zero-order chi connectivity index (χ0) is 18.5. The predicted octanol–water partition coefficient (Wildman–Crippen LogP) is 4.54. The summed E-state index contributed by atoms with van der Waals surface area (Å²) in [7, 11) is 0. The molecule has 2 aromatic heterocycles. The van der Waals surface area contributed by atoms with E-state index >= 15 is 0 Å². The summed E-state index contributed by atoms with van der Waals surface area (Å²) >= 11 is 2.99. The number of hydrogen-bond donors (Lipinski definition) is 1. The monoisotopic (exact) mass is 384 g/mol. The number of aromatic nitrogens is 3. The maximum atomic E-state index is 12.3. The molecule has 0 spiro atoms. The van der Waals surface area contributed by atoms with E-state index < -0.39 is 0 Å². The van der Waals surface area contributed by atoms with Gasteiger partial charge in [0, 0.05) is 12.2 Å². The molecule has 0 aliphatic rings. The average Bonchev–Trinajstić information content (AvgIpc) is 3.26. The first-order valence-electron chi connectivity index (χ1n) is 8.16. The number of carbonyl (C=O) groups is 1. The van der Waals surface area contributed by atoms with E-state index in [1.165, 1.54) is 17.3 Å². The summed E-state index contributed by atoms with van der Waals surface area (Å²) < 4.78 is 1.98. The lowest BCUT2D eigenvalue weighted by Crippen LogP contribution is -2.14. The van der Waals surface area contributed by atoms with Gasteiger partial charge < -0.3 is 5.32 Å². The Morgan fingerprint density at radius 3 is 2.85 bits per heavy atom. The minimum atomic E-state index is -0.0657. The first-order valence-corrected chi connectivity index (χ1v) is 10.0. The number of thioether (sulfide) groups is 1. The number of thiophene rings is 1. The van der Waals surface area contributed by atoms with Crippen LogP contribution in [0, 0.1) is 13.8 Å². The molecule has 0 saturated heterocycles. The van der Waals surface area contributed by atoms with Gasteiger partial charge in [0.05, 0.1) is 10.6 Å². The Balaban J connectivity index is 1.68. The minimum absolute atomic E-state index is 0.0657. The maximum absolute atomic E-state index is 12.3. The Labute approximate surface area is 161 Å². The second kappa shape index (κ2) is 8.33. The Morgan fingerprint density at radius 2 is 2.15 bits per heavy atom.